The summed E-state index contributed by atoms with van der Waals surface area (Å²) in [6.07, 6.45) is 0.189. The number of anilines is 1. The zero-order valence-corrected chi connectivity index (χ0v) is 15.8. The minimum absolute atomic E-state index is 0.233. The lowest BCUT2D eigenvalue weighted by atomic mass is 10.1. The van der Waals surface area contributed by atoms with Crippen molar-refractivity contribution < 1.29 is 9.84 Å². The molecule has 6 nitrogen and oxygen atoms in total. The number of aromatic nitrogens is 2. The Kier molecular flexibility index (Phi) is 4.30. The predicted octanol–water partition coefficient (Wildman–Crippen LogP) is 3.04. The SMILES string of the molecule is COc1ccc([C@H]2C[C@@H]2NC(O)c2sc3nnc(C)c(C)c3c2N)cc1. The van der Waals surface area contributed by atoms with Gasteiger partial charge < -0.3 is 15.6 Å². The average Bonchev–Trinajstić information content (AvgIpc) is 3.32. The molecule has 1 unspecified atom stereocenters. The van der Waals surface area contributed by atoms with Crippen molar-refractivity contribution >= 4 is 27.2 Å². The highest BCUT2D eigenvalue weighted by Crippen LogP contribution is 2.44. The normalized spacial score (nSPS) is 20.3. The van der Waals surface area contributed by atoms with Gasteiger partial charge in [-0.3, -0.25) is 5.32 Å². The Hall–Kier alpha value is -2.22. The maximum absolute atomic E-state index is 10.7. The van der Waals surface area contributed by atoms with Crippen molar-refractivity contribution in [3.8, 4) is 5.75 Å². The van der Waals surface area contributed by atoms with Gasteiger partial charge in [-0.15, -0.1) is 16.4 Å². The molecule has 0 amide bonds. The zero-order valence-electron chi connectivity index (χ0n) is 15.0. The van der Waals surface area contributed by atoms with Crippen molar-refractivity contribution in [2.75, 3.05) is 12.8 Å². The van der Waals surface area contributed by atoms with Crippen LogP contribution in [-0.4, -0.2) is 28.5 Å². The number of benzene rings is 1. The van der Waals surface area contributed by atoms with Gasteiger partial charge in [-0.05, 0) is 43.5 Å². The molecule has 3 aromatic rings. The topological polar surface area (TPSA) is 93.3 Å². The lowest BCUT2D eigenvalue weighted by Crippen LogP contribution is -2.24. The number of ether oxygens (including phenoxy) is 1. The Morgan fingerprint density at radius 2 is 2.00 bits per heavy atom. The van der Waals surface area contributed by atoms with Crippen LogP contribution in [0.5, 0.6) is 5.75 Å². The molecule has 4 N–H and O–H groups in total. The molecule has 3 atom stereocenters. The van der Waals surface area contributed by atoms with E-state index in [1.165, 1.54) is 16.9 Å². The summed E-state index contributed by atoms with van der Waals surface area (Å²) in [6, 6.07) is 8.32. The molecule has 0 aliphatic heterocycles. The molecule has 26 heavy (non-hydrogen) atoms. The predicted molar refractivity (Wildman–Crippen MR) is 104 cm³/mol. The Balaban J connectivity index is 1.50. The maximum Gasteiger partial charge on any atom is 0.148 e. The number of fused-ring (bicyclic) bond motifs is 1. The van der Waals surface area contributed by atoms with Gasteiger partial charge in [0, 0.05) is 17.3 Å². The van der Waals surface area contributed by atoms with E-state index in [2.05, 4.69) is 27.6 Å². The number of nitrogen functional groups attached to an aromatic ring is 1. The van der Waals surface area contributed by atoms with E-state index in [0.29, 0.717) is 16.5 Å². The number of thiophene rings is 1. The maximum atomic E-state index is 10.7. The van der Waals surface area contributed by atoms with Crippen LogP contribution in [0.4, 0.5) is 5.69 Å². The minimum Gasteiger partial charge on any atom is -0.497 e. The molecule has 1 aromatic carbocycles. The van der Waals surface area contributed by atoms with Crippen molar-refractivity contribution in [2.45, 2.75) is 38.5 Å². The average molecular weight is 370 g/mol. The van der Waals surface area contributed by atoms with E-state index in [4.69, 9.17) is 10.5 Å². The summed E-state index contributed by atoms with van der Waals surface area (Å²) in [6.45, 7) is 3.90. The second-order valence-corrected chi connectivity index (χ2v) is 7.79. The molecule has 2 heterocycles. The van der Waals surface area contributed by atoms with E-state index in [9.17, 15) is 5.11 Å². The zero-order chi connectivity index (χ0) is 18.4. The Labute approximate surface area is 156 Å². The van der Waals surface area contributed by atoms with Crippen molar-refractivity contribution in [2.24, 2.45) is 0 Å². The van der Waals surface area contributed by atoms with E-state index >= 15 is 0 Å². The van der Waals surface area contributed by atoms with Gasteiger partial charge in [0.2, 0.25) is 0 Å². The van der Waals surface area contributed by atoms with Crippen LogP contribution in [0.15, 0.2) is 24.3 Å². The molecule has 0 saturated heterocycles. The van der Waals surface area contributed by atoms with Gasteiger partial charge in [0.25, 0.3) is 0 Å². The molecule has 0 radical (unpaired) electrons. The molecule has 4 rings (SSSR count). The van der Waals surface area contributed by atoms with E-state index < -0.39 is 6.23 Å². The quantitative estimate of drug-likeness (QED) is 0.598. The number of nitrogens with two attached hydrogens (primary N) is 1. The van der Waals surface area contributed by atoms with Crippen LogP contribution in [0.3, 0.4) is 0 Å². The molecule has 136 valence electrons. The number of hydrogen-bond acceptors (Lipinski definition) is 7. The first-order valence-electron chi connectivity index (χ1n) is 8.59. The summed E-state index contributed by atoms with van der Waals surface area (Å²) in [5, 5.41) is 23.2. The highest BCUT2D eigenvalue weighted by Gasteiger charge is 2.40. The van der Waals surface area contributed by atoms with Gasteiger partial charge in [-0.25, -0.2) is 0 Å². The van der Waals surface area contributed by atoms with Gasteiger partial charge in [-0.2, -0.15) is 5.10 Å². The van der Waals surface area contributed by atoms with Crippen LogP contribution in [0, 0.1) is 13.8 Å². The Bertz CT molecular complexity index is 954. The van der Waals surface area contributed by atoms with E-state index in [1.807, 2.05) is 26.0 Å². The Morgan fingerprint density at radius 1 is 1.27 bits per heavy atom. The number of aryl methyl sites for hydroxylation is 2. The first-order chi connectivity index (χ1) is 12.5. The van der Waals surface area contributed by atoms with Crippen molar-refractivity contribution in [3.05, 3.63) is 46.0 Å². The monoisotopic (exact) mass is 370 g/mol. The first-order valence-corrected chi connectivity index (χ1v) is 9.41. The fourth-order valence-electron chi connectivity index (χ4n) is 3.34. The highest BCUT2D eigenvalue weighted by molar-refractivity contribution is 7.19. The van der Waals surface area contributed by atoms with Crippen LogP contribution in [0.1, 0.15) is 40.3 Å². The molecule has 2 aromatic heterocycles. The van der Waals surface area contributed by atoms with Crippen LogP contribution in [0.25, 0.3) is 10.2 Å². The van der Waals surface area contributed by atoms with Crippen LogP contribution < -0.4 is 15.8 Å². The largest absolute Gasteiger partial charge is 0.497 e. The smallest absolute Gasteiger partial charge is 0.148 e. The summed E-state index contributed by atoms with van der Waals surface area (Å²) in [5.74, 6) is 1.25. The van der Waals surface area contributed by atoms with Gasteiger partial charge in [0.05, 0.1) is 23.4 Å². The number of rotatable bonds is 5. The van der Waals surface area contributed by atoms with E-state index in [1.54, 1.807) is 7.11 Å². The standard InChI is InChI=1S/C19H22N4O2S/c1-9-10(2)22-23-19-15(9)16(20)17(26-19)18(24)21-14-8-13(14)11-4-6-12(25-3)7-5-11/h4-7,13-14,18,21,24H,8,20H2,1-3H3/t13-,14+,18?/m1/s1. The van der Waals surface area contributed by atoms with Crippen molar-refractivity contribution in [3.63, 3.8) is 0 Å². The summed E-state index contributed by atoms with van der Waals surface area (Å²) >= 11 is 1.40. The molecule has 1 saturated carbocycles. The van der Waals surface area contributed by atoms with Crippen LogP contribution in [-0.2, 0) is 0 Å². The third kappa shape index (κ3) is 2.92. The summed E-state index contributed by atoms with van der Waals surface area (Å²) in [7, 11) is 1.66. The number of aliphatic hydroxyl groups excluding tert-OH is 1. The van der Waals surface area contributed by atoms with Gasteiger partial charge >= 0.3 is 0 Å². The molecule has 7 heteroatoms. The van der Waals surface area contributed by atoms with Crippen molar-refractivity contribution in [1.29, 1.82) is 0 Å². The van der Waals surface area contributed by atoms with Crippen LogP contribution >= 0.6 is 11.3 Å². The van der Waals surface area contributed by atoms with E-state index in [-0.39, 0.29) is 6.04 Å². The van der Waals surface area contributed by atoms with Gasteiger partial charge in [0.15, 0.2) is 0 Å². The Morgan fingerprint density at radius 3 is 2.69 bits per heavy atom. The molecule has 0 spiro atoms. The van der Waals surface area contributed by atoms with Crippen LogP contribution in [0.2, 0.25) is 0 Å². The first kappa shape index (κ1) is 17.2. The van der Waals surface area contributed by atoms with E-state index in [0.717, 1.165) is 33.6 Å². The molecular formula is C19H22N4O2S. The molecular weight excluding hydrogens is 348 g/mol. The number of aliphatic hydroxyl groups is 1. The van der Waals surface area contributed by atoms with Gasteiger partial charge in [0.1, 0.15) is 16.8 Å². The number of methoxy groups -OCH3 is 1. The number of nitrogens with zero attached hydrogens (tertiary/aromatic N) is 2. The number of nitrogens with one attached hydrogen (secondary N) is 1. The fraction of sp³-hybridized carbons (Fsp3) is 0.368. The van der Waals surface area contributed by atoms with Gasteiger partial charge in [-0.1, -0.05) is 12.1 Å². The summed E-state index contributed by atoms with van der Waals surface area (Å²) in [4.78, 5) is 1.48. The lowest BCUT2D eigenvalue weighted by molar-refractivity contribution is 0.140. The minimum atomic E-state index is -0.804. The third-order valence-electron chi connectivity index (χ3n) is 5.12. The second-order valence-electron chi connectivity index (χ2n) is 6.76. The summed E-state index contributed by atoms with van der Waals surface area (Å²) < 4.78 is 5.20. The molecule has 0 bridgehead atoms. The molecule has 1 aliphatic carbocycles. The summed E-state index contributed by atoms with van der Waals surface area (Å²) in [5.41, 5.74) is 10.0. The number of hydrogen-bond donors (Lipinski definition) is 3. The highest BCUT2D eigenvalue weighted by atomic mass is 32.1. The third-order valence-corrected chi connectivity index (χ3v) is 6.26. The fourth-order valence-corrected chi connectivity index (χ4v) is 4.38. The van der Waals surface area contributed by atoms with Crippen molar-refractivity contribution in [1.82, 2.24) is 15.5 Å². The lowest BCUT2D eigenvalue weighted by Gasteiger charge is -2.12. The molecule has 1 aliphatic rings. The molecule has 1 fully saturated rings. The second kappa shape index (κ2) is 6.50.